The summed E-state index contributed by atoms with van der Waals surface area (Å²) in [5.74, 6) is 1.08. The van der Waals surface area contributed by atoms with Crippen molar-refractivity contribution in [2.45, 2.75) is 42.3 Å². The van der Waals surface area contributed by atoms with E-state index in [0.717, 1.165) is 29.4 Å². The summed E-state index contributed by atoms with van der Waals surface area (Å²) >= 11 is 2.91. The van der Waals surface area contributed by atoms with Gasteiger partial charge in [-0.05, 0) is 43.4 Å². The summed E-state index contributed by atoms with van der Waals surface area (Å²) in [6, 6.07) is 6.16. The zero-order valence-electron chi connectivity index (χ0n) is 15.9. The molecule has 3 rings (SSSR count). The van der Waals surface area contributed by atoms with Crippen LogP contribution < -0.4 is 5.32 Å². The Bertz CT molecular complexity index is 922. The molecule has 10 heteroatoms. The van der Waals surface area contributed by atoms with Gasteiger partial charge in [-0.3, -0.25) is 10.1 Å². The van der Waals surface area contributed by atoms with Crippen LogP contribution in [0.5, 0.6) is 0 Å². The Balaban J connectivity index is 1.71. The van der Waals surface area contributed by atoms with Crippen LogP contribution in [-0.4, -0.2) is 47.7 Å². The van der Waals surface area contributed by atoms with Crippen molar-refractivity contribution >= 4 is 44.2 Å². The molecule has 0 saturated carbocycles. The molecule has 2 aromatic rings. The lowest BCUT2D eigenvalue weighted by Gasteiger charge is -2.29. The van der Waals surface area contributed by atoms with Crippen molar-refractivity contribution in [3.8, 4) is 0 Å². The predicted molar refractivity (Wildman–Crippen MR) is 112 cm³/mol. The third kappa shape index (κ3) is 5.11. The molecule has 0 aliphatic carbocycles. The molecule has 1 fully saturated rings. The molecule has 2 heterocycles. The number of sulfonamides is 1. The summed E-state index contributed by atoms with van der Waals surface area (Å²) in [6.45, 7) is 5.25. The van der Waals surface area contributed by atoms with Gasteiger partial charge in [0.25, 0.3) is 5.91 Å². The molecule has 1 saturated heterocycles. The molecule has 0 bridgehead atoms. The van der Waals surface area contributed by atoms with Gasteiger partial charge in [-0.1, -0.05) is 43.0 Å². The number of carbonyl (C=O) groups excluding carboxylic acids is 1. The lowest BCUT2D eigenvalue weighted by molar-refractivity contribution is 0.102. The third-order valence-corrected chi connectivity index (χ3v) is 8.61. The van der Waals surface area contributed by atoms with E-state index < -0.39 is 15.9 Å². The second-order valence-electron chi connectivity index (χ2n) is 6.79. The van der Waals surface area contributed by atoms with Gasteiger partial charge in [0.2, 0.25) is 15.2 Å². The fourth-order valence-electron chi connectivity index (χ4n) is 2.85. The maximum Gasteiger partial charge on any atom is 0.257 e. The number of rotatable bonds is 7. The Morgan fingerprint density at radius 3 is 2.79 bits per heavy atom. The van der Waals surface area contributed by atoms with E-state index in [2.05, 4.69) is 29.4 Å². The van der Waals surface area contributed by atoms with Crippen molar-refractivity contribution in [2.75, 3.05) is 24.2 Å². The lowest BCUT2D eigenvalue weighted by Crippen LogP contribution is -2.37. The second-order valence-corrected chi connectivity index (χ2v) is 11.0. The number of amides is 1. The fraction of sp³-hybridized carbons (Fsp3) is 0.500. The van der Waals surface area contributed by atoms with Gasteiger partial charge in [0.1, 0.15) is 0 Å². The first-order valence-corrected chi connectivity index (χ1v) is 12.5. The minimum Gasteiger partial charge on any atom is -0.296 e. The number of aromatic nitrogens is 2. The number of hydrogen-bond donors (Lipinski definition) is 1. The summed E-state index contributed by atoms with van der Waals surface area (Å²) in [5.41, 5.74) is 0.282. The number of benzene rings is 1. The van der Waals surface area contributed by atoms with Crippen LogP contribution in [0.15, 0.2) is 33.5 Å². The highest BCUT2D eigenvalue weighted by Gasteiger charge is 2.28. The van der Waals surface area contributed by atoms with Crippen molar-refractivity contribution in [3.63, 3.8) is 0 Å². The summed E-state index contributed by atoms with van der Waals surface area (Å²) in [4.78, 5) is 12.7. The molecular formula is C18H24N4O3S3. The smallest absolute Gasteiger partial charge is 0.257 e. The number of thioether (sulfide) groups is 1. The van der Waals surface area contributed by atoms with Crippen molar-refractivity contribution in [1.82, 2.24) is 14.5 Å². The van der Waals surface area contributed by atoms with E-state index in [1.807, 2.05) is 0 Å². The molecule has 1 aromatic heterocycles. The van der Waals surface area contributed by atoms with Crippen LogP contribution in [0.25, 0.3) is 0 Å². The summed E-state index contributed by atoms with van der Waals surface area (Å²) in [6.07, 6.45) is 2.74. The van der Waals surface area contributed by atoms with Crippen LogP contribution in [0.2, 0.25) is 0 Å². The van der Waals surface area contributed by atoms with Crippen molar-refractivity contribution in [3.05, 3.63) is 29.8 Å². The van der Waals surface area contributed by atoms with Gasteiger partial charge < -0.3 is 0 Å². The van der Waals surface area contributed by atoms with Gasteiger partial charge in [-0.15, -0.1) is 10.2 Å². The predicted octanol–water partition coefficient (Wildman–Crippen LogP) is 3.71. The molecule has 0 unspecified atom stereocenters. The average Bonchev–Trinajstić information content (AvgIpc) is 3.14. The molecule has 1 aromatic carbocycles. The van der Waals surface area contributed by atoms with Gasteiger partial charge in [-0.2, -0.15) is 4.31 Å². The van der Waals surface area contributed by atoms with E-state index >= 15 is 0 Å². The van der Waals surface area contributed by atoms with Crippen molar-refractivity contribution in [1.29, 1.82) is 0 Å². The standard InChI is InChI=1S/C18H24N4O3S3/c1-3-11-26-18-21-20-17(27-18)19-16(23)14-5-4-6-15(12-14)28(24,25)22-9-7-13(2)8-10-22/h4-6,12-13H,3,7-11H2,1-2H3,(H,19,20,23). The largest absolute Gasteiger partial charge is 0.296 e. The molecule has 0 spiro atoms. The zero-order chi connectivity index (χ0) is 20.1. The molecule has 1 aliphatic heterocycles. The van der Waals surface area contributed by atoms with E-state index in [1.54, 1.807) is 23.9 Å². The first-order chi connectivity index (χ1) is 13.4. The summed E-state index contributed by atoms with van der Waals surface area (Å²) in [7, 11) is -3.60. The van der Waals surface area contributed by atoms with Crippen LogP contribution in [0, 0.1) is 5.92 Å². The molecule has 1 aliphatic rings. The average molecular weight is 441 g/mol. The summed E-state index contributed by atoms with van der Waals surface area (Å²) in [5, 5.41) is 11.1. The monoisotopic (exact) mass is 440 g/mol. The minimum atomic E-state index is -3.60. The van der Waals surface area contributed by atoms with Gasteiger partial charge in [0, 0.05) is 24.4 Å². The number of anilines is 1. The SMILES string of the molecule is CCCSc1nnc(NC(=O)c2cccc(S(=O)(=O)N3CCC(C)CC3)c2)s1. The van der Waals surface area contributed by atoms with Gasteiger partial charge in [-0.25, -0.2) is 8.42 Å². The molecule has 28 heavy (non-hydrogen) atoms. The topological polar surface area (TPSA) is 92.3 Å². The van der Waals surface area contributed by atoms with E-state index in [1.165, 1.54) is 27.8 Å². The maximum absolute atomic E-state index is 12.9. The van der Waals surface area contributed by atoms with Crippen molar-refractivity contribution in [2.24, 2.45) is 5.92 Å². The van der Waals surface area contributed by atoms with E-state index in [9.17, 15) is 13.2 Å². The van der Waals surface area contributed by atoms with E-state index in [-0.39, 0.29) is 10.5 Å². The third-order valence-electron chi connectivity index (χ3n) is 4.53. The van der Waals surface area contributed by atoms with Crippen molar-refractivity contribution < 1.29 is 13.2 Å². The fourth-order valence-corrected chi connectivity index (χ4v) is 6.04. The van der Waals surface area contributed by atoms with Crippen LogP contribution in [0.1, 0.15) is 43.5 Å². The van der Waals surface area contributed by atoms with Crippen LogP contribution >= 0.6 is 23.1 Å². The molecular weight excluding hydrogens is 416 g/mol. The minimum absolute atomic E-state index is 0.145. The van der Waals surface area contributed by atoms with Gasteiger partial charge in [0.05, 0.1) is 4.90 Å². The highest BCUT2D eigenvalue weighted by atomic mass is 32.2. The Kier molecular flexibility index (Phi) is 7.08. The highest BCUT2D eigenvalue weighted by molar-refractivity contribution is 8.01. The van der Waals surface area contributed by atoms with Crippen LogP contribution in [0.3, 0.4) is 0 Å². The van der Waals surface area contributed by atoms with Gasteiger partial charge >= 0.3 is 0 Å². The molecule has 1 amide bonds. The number of hydrogen-bond acceptors (Lipinski definition) is 7. The molecule has 152 valence electrons. The Labute approximate surface area is 174 Å². The maximum atomic E-state index is 12.9. The number of piperidine rings is 1. The van der Waals surface area contributed by atoms with Crippen LogP contribution in [0.4, 0.5) is 5.13 Å². The first kappa shape index (κ1) is 21.2. The number of nitrogens with zero attached hydrogens (tertiary/aromatic N) is 3. The molecule has 0 radical (unpaired) electrons. The number of carbonyl (C=O) groups is 1. The van der Waals surface area contributed by atoms with E-state index in [0.29, 0.717) is 24.1 Å². The quantitative estimate of drug-likeness (QED) is 0.521. The normalized spacial score (nSPS) is 16.2. The Hall–Kier alpha value is -1.49. The lowest BCUT2D eigenvalue weighted by atomic mass is 10.0. The Morgan fingerprint density at radius 1 is 1.32 bits per heavy atom. The van der Waals surface area contributed by atoms with Gasteiger partial charge in [0.15, 0.2) is 4.34 Å². The van der Waals surface area contributed by atoms with E-state index in [4.69, 9.17) is 0 Å². The van der Waals surface area contributed by atoms with Crippen LogP contribution in [-0.2, 0) is 10.0 Å². The zero-order valence-corrected chi connectivity index (χ0v) is 18.4. The Morgan fingerprint density at radius 2 is 2.07 bits per heavy atom. The first-order valence-electron chi connectivity index (χ1n) is 9.28. The molecule has 7 nitrogen and oxygen atoms in total. The second kappa shape index (κ2) is 9.34. The molecule has 0 atom stereocenters. The number of nitrogens with one attached hydrogen (secondary N) is 1. The highest BCUT2D eigenvalue weighted by Crippen LogP contribution is 2.27. The molecule has 1 N–H and O–H groups in total. The summed E-state index contributed by atoms with van der Waals surface area (Å²) < 4.78 is 28.1.